The lowest BCUT2D eigenvalue weighted by Gasteiger charge is -2.30. The van der Waals surface area contributed by atoms with Crippen molar-refractivity contribution in [2.75, 3.05) is 18.0 Å². The van der Waals surface area contributed by atoms with Crippen LogP contribution in [0.4, 0.5) is 5.95 Å². The van der Waals surface area contributed by atoms with E-state index in [1.165, 1.54) is 0 Å². The van der Waals surface area contributed by atoms with Crippen LogP contribution >= 0.6 is 0 Å². The molecule has 1 saturated heterocycles. The molecule has 2 rings (SSSR count). The van der Waals surface area contributed by atoms with Crippen molar-refractivity contribution >= 4 is 11.9 Å². The fourth-order valence-corrected chi connectivity index (χ4v) is 2.45. The molecule has 1 fully saturated rings. The van der Waals surface area contributed by atoms with Crippen LogP contribution in [0, 0.1) is 11.8 Å². The summed E-state index contributed by atoms with van der Waals surface area (Å²) < 4.78 is 0. The largest absolute Gasteiger partial charge is 0.481 e. The number of hydrogen-bond acceptors (Lipinski definition) is 4. The molecule has 5 nitrogen and oxygen atoms in total. The van der Waals surface area contributed by atoms with E-state index < -0.39 is 5.97 Å². The van der Waals surface area contributed by atoms with Gasteiger partial charge in [-0.25, -0.2) is 9.97 Å². The van der Waals surface area contributed by atoms with Gasteiger partial charge in [0, 0.05) is 25.5 Å². The maximum Gasteiger partial charge on any atom is 0.308 e. The molecule has 0 saturated carbocycles. The Morgan fingerprint density at radius 2 is 2.16 bits per heavy atom. The summed E-state index contributed by atoms with van der Waals surface area (Å²) >= 11 is 0. The van der Waals surface area contributed by atoms with Crippen molar-refractivity contribution in [3.05, 3.63) is 18.0 Å². The number of aliphatic carboxylic acids is 1. The van der Waals surface area contributed by atoms with E-state index in [9.17, 15) is 4.79 Å². The van der Waals surface area contributed by atoms with Crippen molar-refractivity contribution < 1.29 is 9.90 Å². The summed E-state index contributed by atoms with van der Waals surface area (Å²) in [5.41, 5.74) is 1.13. The van der Waals surface area contributed by atoms with Crippen LogP contribution in [-0.2, 0) is 11.2 Å². The van der Waals surface area contributed by atoms with Crippen molar-refractivity contribution in [1.82, 2.24) is 9.97 Å². The number of aromatic nitrogens is 2. The molecule has 19 heavy (non-hydrogen) atoms. The molecule has 0 aromatic carbocycles. The third-order valence-electron chi connectivity index (χ3n) is 3.39. The zero-order valence-corrected chi connectivity index (χ0v) is 11.5. The molecule has 1 atom stereocenters. The van der Waals surface area contributed by atoms with Gasteiger partial charge in [0.05, 0.1) is 5.92 Å². The van der Waals surface area contributed by atoms with E-state index >= 15 is 0 Å². The fraction of sp³-hybridized carbons (Fsp3) is 0.643. The molecule has 1 aromatic heterocycles. The van der Waals surface area contributed by atoms with Crippen LogP contribution in [0.15, 0.2) is 12.4 Å². The Balaban J connectivity index is 2.03. The van der Waals surface area contributed by atoms with Gasteiger partial charge in [-0.1, -0.05) is 13.8 Å². The molecule has 1 N–H and O–H groups in total. The van der Waals surface area contributed by atoms with E-state index in [1.807, 2.05) is 17.3 Å². The zero-order chi connectivity index (χ0) is 13.8. The van der Waals surface area contributed by atoms with Crippen molar-refractivity contribution in [2.45, 2.75) is 33.1 Å². The van der Waals surface area contributed by atoms with Gasteiger partial charge in [-0.15, -0.1) is 0 Å². The van der Waals surface area contributed by atoms with Crippen molar-refractivity contribution in [2.24, 2.45) is 11.8 Å². The maximum absolute atomic E-state index is 11.0. The molecular formula is C14H21N3O2. The third-order valence-corrected chi connectivity index (χ3v) is 3.39. The van der Waals surface area contributed by atoms with Gasteiger partial charge in [0.2, 0.25) is 5.95 Å². The molecule has 0 aliphatic carbocycles. The summed E-state index contributed by atoms with van der Waals surface area (Å²) in [6.45, 7) is 5.68. The van der Waals surface area contributed by atoms with Crippen molar-refractivity contribution in [1.29, 1.82) is 0 Å². The normalized spacial score (nSPS) is 19.7. The summed E-state index contributed by atoms with van der Waals surface area (Å²) in [6.07, 6.45) is 6.31. The first-order valence-electron chi connectivity index (χ1n) is 6.85. The van der Waals surface area contributed by atoms with Crippen LogP contribution in [-0.4, -0.2) is 34.1 Å². The van der Waals surface area contributed by atoms with Gasteiger partial charge in [0.15, 0.2) is 0 Å². The SMILES string of the molecule is CC(C)Cc1cnc(N2CCCC(C(=O)O)C2)nc1. The Morgan fingerprint density at radius 3 is 2.74 bits per heavy atom. The summed E-state index contributed by atoms with van der Waals surface area (Å²) in [4.78, 5) is 21.8. The highest BCUT2D eigenvalue weighted by molar-refractivity contribution is 5.71. The molecular weight excluding hydrogens is 242 g/mol. The molecule has 5 heteroatoms. The van der Waals surface area contributed by atoms with Crippen LogP contribution in [0.2, 0.25) is 0 Å². The average Bonchev–Trinajstić information content (AvgIpc) is 2.39. The summed E-state index contributed by atoms with van der Waals surface area (Å²) in [6, 6.07) is 0. The number of carbonyl (C=O) groups is 1. The molecule has 104 valence electrons. The lowest BCUT2D eigenvalue weighted by Crippen LogP contribution is -2.39. The standard InChI is InChI=1S/C14H21N3O2/c1-10(2)6-11-7-15-14(16-8-11)17-5-3-4-12(9-17)13(18)19/h7-8,10,12H,3-6,9H2,1-2H3,(H,18,19). The van der Waals surface area contributed by atoms with Gasteiger partial charge in [0.25, 0.3) is 0 Å². The van der Waals surface area contributed by atoms with E-state index in [0.29, 0.717) is 18.4 Å². The lowest BCUT2D eigenvalue weighted by atomic mass is 9.99. The Morgan fingerprint density at radius 1 is 1.47 bits per heavy atom. The first-order valence-corrected chi connectivity index (χ1v) is 6.85. The Kier molecular flexibility index (Phi) is 4.35. The second kappa shape index (κ2) is 5.99. The van der Waals surface area contributed by atoms with Gasteiger partial charge in [-0.3, -0.25) is 4.79 Å². The molecule has 1 aromatic rings. The molecule has 2 heterocycles. The van der Waals surface area contributed by atoms with Crippen molar-refractivity contribution in [3.63, 3.8) is 0 Å². The summed E-state index contributed by atoms with van der Waals surface area (Å²) in [5, 5.41) is 9.08. The second-order valence-electron chi connectivity index (χ2n) is 5.61. The number of carboxylic acid groups (broad SMARTS) is 1. The van der Waals surface area contributed by atoms with E-state index in [4.69, 9.17) is 5.11 Å². The topological polar surface area (TPSA) is 66.3 Å². The van der Waals surface area contributed by atoms with E-state index in [-0.39, 0.29) is 5.92 Å². The Labute approximate surface area is 113 Å². The van der Waals surface area contributed by atoms with Gasteiger partial charge < -0.3 is 10.0 Å². The molecule has 0 bridgehead atoms. The average molecular weight is 263 g/mol. The Bertz CT molecular complexity index is 431. The fourth-order valence-electron chi connectivity index (χ4n) is 2.45. The smallest absolute Gasteiger partial charge is 0.308 e. The monoisotopic (exact) mass is 263 g/mol. The molecule has 0 spiro atoms. The minimum Gasteiger partial charge on any atom is -0.481 e. The number of nitrogens with zero attached hydrogens (tertiary/aromatic N) is 3. The highest BCUT2D eigenvalue weighted by Gasteiger charge is 2.26. The van der Waals surface area contributed by atoms with E-state index in [1.54, 1.807) is 0 Å². The number of rotatable bonds is 4. The number of piperidine rings is 1. The number of anilines is 1. The highest BCUT2D eigenvalue weighted by atomic mass is 16.4. The highest BCUT2D eigenvalue weighted by Crippen LogP contribution is 2.20. The quantitative estimate of drug-likeness (QED) is 0.899. The first-order chi connectivity index (χ1) is 9.06. The van der Waals surface area contributed by atoms with Gasteiger partial charge in [-0.05, 0) is 30.7 Å². The third kappa shape index (κ3) is 3.66. The van der Waals surface area contributed by atoms with E-state index in [2.05, 4.69) is 23.8 Å². The van der Waals surface area contributed by atoms with Crippen LogP contribution in [0.25, 0.3) is 0 Å². The number of carboxylic acids is 1. The minimum absolute atomic E-state index is 0.298. The Hall–Kier alpha value is -1.65. The van der Waals surface area contributed by atoms with Gasteiger partial charge in [-0.2, -0.15) is 0 Å². The molecule has 1 aliphatic heterocycles. The minimum atomic E-state index is -0.721. The number of hydrogen-bond donors (Lipinski definition) is 1. The summed E-state index contributed by atoms with van der Waals surface area (Å²) in [7, 11) is 0. The van der Waals surface area contributed by atoms with Gasteiger partial charge in [0.1, 0.15) is 0 Å². The molecule has 0 radical (unpaired) electrons. The predicted octanol–water partition coefficient (Wildman–Crippen LogP) is 1.98. The van der Waals surface area contributed by atoms with Crippen LogP contribution in [0.3, 0.4) is 0 Å². The maximum atomic E-state index is 11.0. The second-order valence-corrected chi connectivity index (χ2v) is 5.61. The first kappa shape index (κ1) is 13.8. The van der Waals surface area contributed by atoms with Gasteiger partial charge >= 0.3 is 5.97 Å². The van der Waals surface area contributed by atoms with E-state index in [0.717, 1.165) is 31.4 Å². The molecule has 1 aliphatic rings. The lowest BCUT2D eigenvalue weighted by molar-refractivity contribution is -0.141. The van der Waals surface area contributed by atoms with Crippen LogP contribution in [0.5, 0.6) is 0 Å². The molecule has 1 unspecified atom stereocenters. The summed E-state index contributed by atoms with van der Waals surface area (Å²) in [5.74, 6) is 0.216. The van der Waals surface area contributed by atoms with Crippen LogP contribution < -0.4 is 4.90 Å². The van der Waals surface area contributed by atoms with Crippen LogP contribution in [0.1, 0.15) is 32.3 Å². The predicted molar refractivity (Wildman–Crippen MR) is 73.1 cm³/mol. The zero-order valence-electron chi connectivity index (χ0n) is 11.5. The van der Waals surface area contributed by atoms with Crippen molar-refractivity contribution in [3.8, 4) is 0 Å². The molecule has 0 amide bonds.